The highest BCUT2D eigenvalue weighted by Gasteiger charge is 2.34. The summed E-state index contributed by atoms with van der Waals surface area (Å²) in [5.74, 6) is 0.186. The van der Waals surface area contributed by atoms with E-state index in [1.165, 1.54) is 0 Å². The summed E-state index contributed by atoms with van der Waals surface area (Å²) in [5, 5.41) is 3.93. The van der Waals surface area contributed by atoms with Gasteiger partial charge in [0.15, 0.2) is 0 Å². The van der Waals surface area contributed by atoms with Crippen LogP contribution < -0.4 is 0 Å². The summed E-state index contributed by atoms with van der Waals surface area (Å²) in [4.78, 5) is 30.4. The zero-order valence-corrected chi connectivity index (χ0v) is 18.9. The zero-order chi connectivity index (χ0) is 22.7. The fourth-order valence-corrected chi connectivity index (χ4v) is 4.51. The van der Waals surface area contributed by atoms with Gasteiger partial charge < -0.3 is 14.3 Å². The minimum Gasteiger partial charge on any atom is -0.361 e. The fourth-order valence-electron chi connectivity index (χ4n) is 4.51. The molecule has 0 saturated carbocycles. The summed E-state index contributed by atoms with van der Waals surface area (Å²) in [7, 11) is 0. The Bertz CT molecular complexity index is 1090. The lowest BCUT2D eigenvalue weighted by molar-refractivity contribution is -0.134. The minimum absolute atomic E-state index is 0.101. The van der Waals surface area contributed by atoms with Crippen molar-refractivity contribution in [3.05, 3.63) is 77.2 Å². The maximum Gasteiger partial charge on any atom is 0.259 e. The molecule has 2 heterocycles. The third-order valence-electron chi connectivity index (χ3n) is 6.23. The summed E-state index contributed by atoms with van der Waals surface area (Å²) in [6.45, 7) is 7.55. The molecule has 32 heavy (non-hydrogen) atoms. The Morgan fingerprint density at radius 1 is 1.06 bits per heavy atom. The Balaban J connectivity index is 1.65. The van der Waals surface area contributed by atoms with Gasteiger partial charge in [-0.05, 0) is 43.9 Å². The van der Waals surface area contributed by atoms with Crippen LogP contribution in [0.1, 0.15) is 34.3 Å². The van der Waals surface area contributed by atoms with Crippen LogP contribution in [0.2, 0.25) is 0 Å². The van der Waals surface area contributed by atoms with Crippen molar-refractivity contribution in [1.29, 1.82) is 0 Å². The third-order valence-corrected chi connectivity index (χ3v) is 6.23. The fraction of sp³-hybridized carbons (Fsp3) is 0.346. The number of benzene rings is 2. The van der Waals surface area contributed by atoms with Crippen LogP contribution >= 0.6 is 0 Å². The van der Waals surface area contributed by atoms with Gasteiger partial charge in [0, 0.05) is 26.2 Å². The highest BCUT2D eigenvalue weighted by molar-refractivity contribution is 5.96. The zero-order valence-electron chi connectivity index (χ0n) is 18.9. The molecule has 0 N–H and O–H groups in total. The van der Waals surface area contributed by atoms with E-state index in [0.717, 1.165) is 16.7 Å². The second-order valence-electron chi connectivity index (χ2n) is 8.29. The molecule has 4 rings (SSSR count). The molecule has 0 unspecified atom stereocenters. The Kier molecular flexibility index (Phi) is 6.40. The monoisotopic (exact) mass is 431 g/mol. The maximum atomic E-state index is 13.4. The number of hydrogen-bond donors (Lipinski definition) is 0. The van der Waals surface area contributed by atoms with Crippen molar-refractivity contribution in [2.75, 3.05) is 26.2 Å². The molecule has 1 atom stereocenters. The van der Waals surface area contributed by atoms with Crippen molar-refractivity contribution in [1.82, 2.24) is 15.0 Å². The lowest BCUT2D eigenvalue weighted by Gasteiger charge is -2.24. The summed E-state index contributed by atoms with van der Waals surface area (Å²) in [6, 6.07) is 18.4. The SMILES string of the molecule is CCN1CCN(C(=O)c2c(C)noc2C)C[C@@H](Cc2ccccc2-c2ccccc2)C1=O. The normalized spacial score (nSPS) is 16.8. The average Bonchev–Trinajstić information content (AvgIpc) is 3.06. The quantitative estimate of drug-likeness (QED) is 0.609. The predicted octanol–water partition coefficient (Wildman–Crippen LogP) is 4.12. The van der Waals surface area contributed by atoms with Gasteiger partial charge in [-0.2, -0.15) is 0 Å². The molecule has 1 aliphatic heterocycles. The lowest BCUT2D eigenvalue weighted by atomic mass is 9.91. The molecule has 6 heteroatoms. The van der Waals surface area contributed by atoms with Crippen LogP contribution in [-0.2, 0) is 11.2 Å². The molecule has 0 aliphatic carbocycles. The van der Waals surface area contributed by atoms with Crippen LogP contribution in [0, 0.1) is 19.8 Å². The maximum absolute atomic E-state index is 13.4. The molecule has 166 valence electrons. The first-order valence-corrected chi connectivity index (χ1v) is 11.1. The van der Waals surface area contributed by atoms with Crippen molar-refractivity contribution >= 4 is 11.8 Å². The molecule has 1 aliphatic rings. The molecule has 2 amide bonds. The minimum atomic E-state index is -0.313. The summed E-state index contributed by atoms with van der Waals surface area (Å²) >= 11 is 0. The first kappa shape index (κ1) is 21.8. The van der Waals surface area contributed by atoms with Crippen LogP contribution in [0.3, 0.4) is 0 Å². The Morgan fingerprint density at radius 3 is 2.47 bits per heavy atom. The highest BCUT2D eigenvalue weighted by atomic mass is 16.5. The number of hydrogen-bond acceptors (Lipinski definition) is 4. The van der Waals surface area contributed by atoms with Gasteiger partial charge in [-0.1, -0.05) is 59.8 Å². The number of carbonyl (C=O) groups is 2. The highest BCUT2D eigenvalue weighted by Crippen LogP contribution is 2.28. The molecule has 3 aromatic rings. The molecule has 6 nitrogen and oxygen atoms in total. The van der Waals surface area contributed by atoms with Crippen molar-refractivity contribution in [2.45, 2.75) is 27.2 Å². The largest absolute Gasteiger partial charge is 0.361 e. The van der Waals surface area contributed by atoms with Gasteiger partial charge >= 0.3 is 0 Å². The average molecular weight is 432 g/mol. The van der Waals surface area contributed by atoms with Crippen LogP contribution in [0.5, 0.6) is 0 Å². The number of carbonyl (C=O) groups excluding carboxylic acids is 2. The van der Waals surface area contributed by atoms with Crippen LogP contribution in [0.15, 0.2) is 59.1 Å². The van der Waals surface area contributed by atoms with Gasteiger partial charge in [-0.3, -0.25) is 9.59 Å². The van der Waals surface area contributed by atoms with Crippen molar-refractivity contribution in [3.63, 3.8) is 0 Å². The summed E-state index contributed by atoms with van der Waals surface area (Å²) in [6.07, 6.45) is 0.575. The molecule has 1 aromatic heterocycles. The van der Waals surface area contributed by atoms with Gasteiger partial charge in [0.2, 0.25) is 5.91 Å². The molecule has 1 saturated heterocycles. The topological polar surface area (TPSA) is 66.7 Å². The van der Waals surface area contributed by atoms with E-state index in [1.807, 2.05) is 42.2 Å². The van der Waals surface area contributed by atoms with Gasteiger partial charge in [-0.15, -0.1) is 0 Å². The van der Waals surface area contributed by atoms with E-state index in [9.17, 15) is 9.59 Å². The molecule has 1 fully saturated rings. The summed E-state index contributed by atoms with van der Waals surface area (Å²) in [5.41, 5.74) is 4.45. The van der Waals surface area contributed by atoms with Crippen LogP contribution in [0.25, 0.3) is 11.1 Å². The standard InChI is InChI=1S/C26H29N3O3/c1-4-28-14-15-29(26(31)24-18(2)27-32-19(24)3)17-22(25(28)30)16-21-12-8-9-13-23(21)20-10-6-5-7-11-20/h5-13,22H,4,14-17H2,1-3H3/t22-/m1/s1. The number of aryl methyl sites for hydroxylation is 2. The van der Waals surface area contributed by atoms with E-state index >= 15 is 0 Å². The van der Waals surface area contributed by atoms with E-state index < -0.39 is 0 Å². The number of nitrogens with zero attached hydrogens (tertiary/aromatic N) is 3. The van der Waals surface area contributed by atoms with Crippen molar-refractivity contribution in [2.24, 2.45) is 5.92 Å². The van der Waals surface area contributed by atoms with Gasteiger partial charge in [0.25, 0.3) is 5.91 Å². The Hall–Kier alpha value is -3.41. The molecule has 2 aromatic carbocycles. The van der Waals surface area contributed by atoms with Crippen LogP contribution in [-0.4, -0.2) is 52.9 Å². The smallest absolute Gasteiger partial charge is 0.259 e. The third kappa shape index (κ3) is 4.31. The first-order valence-electron chi connectivity index (χ1n) is 11.1. The van der Waals surface area contributed by atoms with E-state index in [0.29, 0.717) is 49.6 Å². The van der Waals surface area contributed by atoms with Crippen LogP contribution in [0.4, 0.5) is 0 Å². The second-order valence-corrected chi connectivity index (χ2v) is 8.29. The molecular formula is C26H29N3O3. The number of aromatic nitrogens is 1. The van der Waals surface area contributed by atoms with E-state index in [4.69, 9.17) is 4.52 Å². The molecule has 0 radical (unpaired) electrons. The number of likely N-dealkylation sites (N-methyl/N-ethyl adjacent to an activating group) is 1. The molecule has 0 bridgehead atoms. The van der Waals surface area contributed by atoms with E-state index in [2.05, 4.69) is 29.4 Å². The first-order chi connectivity index (χ1) is 15.5. The van der Waals surface area contributed by atoms with Crippen molar-refractivity contribution < 1.29 is 14.1 Å². The number of amides is 2. The molecule has 0 spiro atoms. The van der Waals surface area contributed by atoms with Gasteiger partial charge in [0.05, 0.1) is 11.6 Å². The number of rotatable bonds is 5. The van der Waals surface area contributed by atoms with Gasteiger partial charge in [-0.25, -0.2) is 0 Å². The van der Waals surface area contributed by atoms with Crippen molar-refractivity contribution in [3.8, 4) is 11.1 Å². The summed E-state index contributed by atoms with van der Waals surface area (Å²) < 4.78 is 5.21. The Morgan fingerprint density at radius 2 is 1.78 bits per heavy atom. The van der Waals surface area contributed by atoms with E-state index in [-0.39, 0.29) is 17.7 Å². The Labute approximate surface area is 188 Å². The second kappa shape index (κ2) is 9.39. The molecular weight excluding hydrogens is 402 g/mol. The lowest BCUT2D eigenvalue weighted by Crippen LogP contribution is -2.38. The predicted molar refractivity (Wildman–Crippen MR) is 123 cm³/mol. The van der Waals surface area contributed by atoms with E-state index in [1.54, 1.807) is 18.7 Å². The van der Waals surface area contributed by atoms with Gasteiger partial charge in [0.1, 0.15) is 11.3 Å².